The summed E-state index contributed by atoms with van der Waals surface area (Å²) in [5.41, 5.74) is 2.14. The van der Waals surface area contributed by atoms with Crippen LogP contribution in [0.4, 0.5) is 0 Å². The molecule has 2 aromatic carbocycles. The number of aliphatic imine (C=N–C) groups is 1. The number of halogens is 2. The van der Waals surface area contributed by atoms with E-state index >= 15 is 0 Å². The molecule has 0 unspecified atom stereocenters. The van der Waals surface area contributed by atoms with Crippen LogP contribution in [0.25, 0.3) is 11.5 Å². The fraction of sp³-hybridized carbons (Fsp3) is 0.190. The lowest BCUT2D eigenvalue weighted by Crippen LogP contribution is -2.41. The largest absolute Gasteiger partial charge is 0.444 e. The maximum absolute atomic E-state index is 12.1. The van der Waals surface area contributed by atoms with Gasteiger partial charge in [-0.25, -0.2) is 4.98 Å². The van der Waals surface area contributed by atoms with Crippen molar-refractivity contribution < 1.29 is 9.21 Å². The molecule has 30 heavy (non-hydrogen) atoms. The number of nitrogens with one attached hydrogen (secondary N) is 3. The Morgan fingerprint density at radius 1 is 1.03 bits per heavy atom. The van der Waals surface area contributed by atoms with Crippen molar-refractivity contribution >= 4 is 47.4 Å². The normalized spacial score (nSPS) is 10.8. The third-order valence-corrected chi connectivity index (χ3v) is 4.38. The molecule has 0 aliphatic rings. The van der Waals surface area contributed by atoms with Crippen LogP contribution < -0.4 is 16.0 Å². The molecule has 7 nitrogen and oxygen atoms in total. The average molecular weight is 540 g/mol. The number of benzene rings is 2. The zero-order valence-electron chi connectivity index (χ0n) is 16.4. The summed E-state index contributed by atoms with van der Waals surface area (Å²) < 4.78 is 5.52. The first-order valence-corrected chi connectivity index (χ1v) is 9.52. The van der Waals surface area contributed by atoms with Crippen LogP contribution in [0.5, 0.6) is 0 Å². The summed E-state index contributed by atoms with van der Waals surface area (Å²) in [7, 11) is 1.68. The molecule has 0 aliphatic carbocycles. The Hall–Kier alpha value is -2.59. The lowest BCUT2D eigenvalue weighted by molar-refractivity contribution is 0.0954. The molecule has 9 heteroatoms. The van der Waals surface area contributed by atoms with Crippen LogP contribution in [0.3, 0.4) is 0 Å². The molecule has 3 N–H and O–H groups in total. The number of hydrogen-bond donors (Lipinski definition) is 3. The summed E-state index contributed by atoms with van der Waals surface area (Å²) in [5.74, 6) is 0.963. The van der Waals surface area contributed by atoms with E-state index in [-0.39, 0.29) is 29.9 Å². The number of nitrogens with zero attached hydrogens (tertiary/aromatic N) is 2. The lowest BCUT2D eigenvalue weighted by Gasteiger charge is -2.11. The number of aromatic nitrogens is 1. The Morgan fingerprint density at radius 2 is 1.73 bits per heavy atom. The highest BCUT2D eigenvalue weighted by Crippen LogP contribution is 2.17. The first-order chi connectivity index (χ1) is 14.2. The fourth-order valence-electron chi connectivity index (χ4n) is 2.59. The average Bonchev–Trinajstić information content (AvgIpc) is 3.23. The van der Waals surface area contributed by atoms with Crippen LogP contribution in [0, 0.1) is 0 Å². The smallest absolute Gasteiger partial charge is 0.252 e. The molecule has 0 fully saturated rings. The molecule has 1 heterocycles. The first kappa shape index (κ1) is 23.7. The molecule has 0 radical (unpaired) electrons. The molecule has 0 saturated carbocycles. The molecular weight excluding hydrogens is 517 g/mol. The molecule has 0 saturated heterocycles. The minimum absolute atomic E-state index is 0. The molecule has 0 atom stereocenters. The van der Waals surface area contributed by atoms with Gasteiger partial charge in [-0.3, -0.25) is 9.79 Å². The fourth-order valence-corrected chi connectivity index (χ4v) is 2.82. The van der Waals surface area contributed by atoms with Crippen molar-refractivity contribution in [2.45, 2.75) is 6.54 Å². The van der Waals surface area contributed by atoms with Gasteiger partial charge in [-0.05, 0) is 24.3 Å². The summed E-state index contributed by atoms with van der Waals surface area (Å²) in [6, 6.07) is 16.6. The van der Waals surface area contributed by atoms with Crippen molar-refractivity contribution in [3.63, 3.8) is 0 Å². The van der Waals surface area contributed by atoms with Gasteiger partial charge in [-0.1, -0.05) is 41.9 Å². The highest BCUT2D eigenvalue weighted by molar-refractivity contribution is 14.0. The summed E-state index contributed by atoms with van der Waals surface area (Å²) in [5, 5.41) is 9.54. The third kappa shape index (κ3) is 6.74. The molecule has 3 rings (SSSR count). The van der Waals surface area contributed by atoms with Gasteiger partial charge in [-0.2, -0.15) is 0 Å². The molecule has 0 spiro atoms. The zero-order valence-corrected chi connectivity index (χ0v) is 19.5. The van der Waals surface area contributed by atoms with Crippen LogP contribution in [0.1, 0.15) is 16.1 Å². The van der Waals surface area contributed by atoms with Crippen LogP contribution in [-0.2, 0) is 6.54 Å². The van der Waals surface area contributed by atoms with Crippen LogP contribution >= 0.6 is 35.6 Å². The second-order valence-corrected chi connectivity index (χ2v) is 6.51. The number of hydrogen-bond acceptors (Lipinski definition) is 4. The summed E-state index contributed by atoms with van der Waals surface area (Å²) in [6.45, 7) is 1.39. The molecule has 1 amide bonds. The van der Waals surface area contributed by atoms with E-state index in [4.69, 9.17) is 16.0 Å². The van der Waals surface area contributed by atoms with Crippen molar-refractivity contribution in [1.82, 2.24) is 20.9 Å². The molecule has 1 aromatic heterocycles. The topological polar surface area (TPSA) is 91.5 Å². The Balaban J connectivity index is 0.00000320. The van der Waals surface area contributed by atoms with Gasteiger partial charge >= 0.3 is 0 Å². The molecular formula is C21H23ClIN5O2. The quantitative estimate of drug-likeness (QED) is 0.184. The van der Waals surface area contributed by atoms with Crippen LogP contribution in [0.15, 0.2) is 70.3 Å². The van der Waals surface area contributed by atoms with Gasteiger partial charge in [0.1, 0.15) is 6.26 Å². The number of carbonyl (C=O) groups excluding carboxylic acids is 1. The van der Waals surface area contributed by atoms with Crippen LogP contribution in [-0.4, -0.2) is 37.0 Å². The van der Waals surface area contributed by atoms with Gasteiger partial charge in [0.05, 0.1) is 22.8 Å². The Bertz CT molecular complexity index is 978. The molecule has 0 aliphatic heterocycles. The van der Waals surface area contributed by atoms with Crippen molar-refractivity contribution in [1.29, 1.82) is 0 Å². The summed E-state index contributed by atoms with van der Waals surface area (Å²) >= 11 is 6.03. The minimum Gasteiger partial charge on any atom is -0.444 e. The lowest BCUT2D eigenvalue weighted by atomic mass is 10.2. The predicted molar refractivity (Wildman–Crippen MR) is 129 cm³/mol. The maximum Gasteiger partial charge on any atom is 0.252 e. The van der Waals surface area contributed by atoms with E-state index in [0.717, 1.165) is 11.3 Å². The van der Waals surface area contributed by atoms with Gasteiger partial charge in [0.15, 0.2) is 5.96 Å². The van der Waals surface area contributed by atoms with E-state index in [1.54, 1.807) is 37.6 Å². The third-order valence-electron chi connectivity index (χ3n) is 4.05. The number of rotatable bonds is 7. The maximum atomic E-state index is 12.1. The highest BCUT2D eigenvalue weighted by atomic mass is 127. The first-order valence-electron chi connectivity index (χ1n) is 9.14. The Morgan fingerprint density at radius 3 is 2.47 bits per heavy atom. The van der Waals surface area contributed by atoms with Gasteiger partial charge < -0.3 is 20.4 Å². The Labute approximate surface area is 197 Å². The van der Waals surface area contributed by atoms with E-state index < -0.39 is 0 Å². The van der Waals surface area contributed by atoms with Crippen molar-refractivity contribution in [3.05, 3.63) is 77.1 Å². The number of carbonyl (C=O) groups is 1. The number of oxazole rings is 1. The van der Waals surface area contributed by atoms with Gasteiger partial charge in [0.2, 0.25) is 5.89 Å². The van der Waals surface area contributed by atoms with Crippen molar-refractivity contribution in [2.24, 2.45) is 4.99 Å². The van der Waals surface area contributed by atoms with Crippen molar-refractivity contribution in [2.75, 3.05) is 20.1 Å². The van der Waals surface area contributed by atoms with Crippen molar-refractivity contribution in [3.8, 4) is 11.5 Å². The van der Waals surface area contributed by atoms with Gasteiger partial charge in [0.25, 0.3) is 5.91 Å². The predicted octanol–water partition coefficient (Wildman–Crippen LogP) is 3.71. The van der Waals surface area contributed by atoms with Gasteiger partial charge in [0, 0.05) is 25.7 Å². The van der Waals surface area contributed by atoms with E-state index in [9.17, 15) is 4.79 Å². The van der Waals surface area contributed by atoms with Crippen LogP contribution in [0.2, 0.25) is 5.02 Å². The Kier molecular flexibility index (Phi) is 9.62. The second-order valence-electron chi connectivity index (χ2n) is 6.10. The number of amides is 1. The minimum atomic E-state index is -0.212. The second kappa shape index (κ2) is 12.2. The molecule has 3 aromatic rings. The van der Waals surface area contributed by atoms with E-state index in [0.29, 0.717) is 42.1 Å². The zero-order chi connectivity index (χ0) is 20.5. The van der Waals surface area contributed by atoms with E-state index in [2.05, 4.69) is 25.9 Å². The number of guanidine groups is 1. The van der Waals surface area contributed by atoms with Gasteiger partial charge in [-0.15, -0.1) is 24.0 Å². The summed E-state index contributed by atoms with van der Waals surface area (Å²) in [6.07, 6.45) is 1.62. The summed E-state index contributed by atoms with van der Waals surface area (Å²) in [4.78, 5) is 20.7. The monoisotopic (exact) mass is 539 g/mol. The molecule has 158 valence electrons. The standard InChI is InChI=1S/C21H22ClN5O2.HI/c1-23-21(25-12-11-24-19(28)17-9-5-6-10-18(17)22)26-13-16-14-29-20(27-16)15-7-3-2-4-8-15;/h2-10,14H,11-13H2,1H3,(H,24,28)(H2,23,25,26);1H. The molecule has 0 bridgehead atoms. The van der Waals surface area contributed by atoms with E-state index in [1.807, 2.05) is 30.3 Å². The highest BCUT2D eigenvalue weighted by Gasteiger charge is 2.09. The SMILES string of the molecule is CN=C(NCCNC(=O)c1ccccc1Cl)NCc1coc(-c2ccccc2)n1.I. The van der Waals surface area contributed by atoms with E-state index in [1.165, 1.54) is 0 Å².